The van der Waals surface area contributed by atoms with Gasteiger partial charge in [-0.1, -0.05) is 12.1 Å². The zero-order valence-electron chi connectivity index (χ0n) is 17.8. The number of hydrogen-bond donors (Lipinski definition) is 1. The van der Waals surface area contributed by atoms with E-state index in [2.05, 4.69) is 37.2 Å². The molecule has 0 unspecified atom stereocenters. The Hall–Kier alpha value is -3.23. The highest BCUT2D eigenvalue weighted by atomic mass is 19.1. The predicted molar refractivity (Wildman–Crippen MR) is 123 cm³/mol. The summed E-state index contributed by atoms with van der Waals surface area (Å²) in [4.78, 5) is 13.1. The Bertz CT molecular complexity index is 1050. The number of nitrogens with one attached hydrogen (secondary N) is 1. The molecule has 7 nitrogen and oxygen atoms in total. The maximum absolute atomic E-state index is 14.6. The second-order valence-electron chi connectivity index (χ2n) is 7.81. The quantitative estimate of drug-likeness (QED) is 0.656. The number of aromatic nitrogens is 2. The number of halogens is 1. The first-order valence-corrected chi connectivity index (χ1v) is 10.9. The maximum atomic E-state index is 14.6. The molecule has 0 amide bonds. The van der Waals surface area contributed by atoms with Crippen molar-refractivity contribution in [1.82, 2.24) is 9.97 Å². The van der Waals surface area contributed by atoms with Crippen LogP contribution in [0.25, 0.3) is 11.3 Å². The first-order valence-electron chi connectivity index (χ1n) is 10.9. The van der Waals surface area contributed by atoms with Crippen molar-refractivity contribution < 1.29 is 13.9 Å². The van der Waals surface area contributed by atoms with E-state index < -0.39 is 5.82 Å². The molecule has 8 heteroatoms. The maximum Gasteiger partial charge on any atom is 0.227 e. The summed E-state index contributed by atoms with van der Waals surface area (Å²) in [6.07, 6.45) is 1.22. The average molecular weight is 436 g/mol. The minimum absolute atomic E-state index is 0.280. The van der Waals surface area contributed by atoms with Gasteiger partial charge in [0.05, 0.1) is 32.6 Å². The highest BCUT2D eigenvalue weighted by Gasteiger charge is 2.15. The highest BCUT2D eigenvalue weighted by Crippen LogP contribution is 2.27. The van der Waals surface area contributed by atoms with Crippen LogP contribution in [0.1, 0.15) is 0 Å². The van der Waals surface area contributed by atoms with Crippen molar-refractivity contribution in [3.05, 3.63) is 60.5 Å². The van der Waals surface area contributed by atoms with Gasteiger partial charge in [0.25, 0.3) is 0 Å². The van der Waals surface area contributed by atoms with Crippen LogP contribution in [0.2, 0.25) is 0 Å². The Morgan fingerprint density at radius 2 is 1.47 bits per heavy atom. The number of ether oxygens (including phenoxy) is 2. The standard InChI is InChI=1S/C24H26FN5O2/c25-22-17-26-24(27-19-4-6-20(7-5-19)29-8-12-31-13-9-29)28-23(22)18-2-1-3-21(16-18)30-10-14-32-15-11-30/h1-7,16-17H,8-15H2,(H,26,27,28). The Kier molecular flexibility index (Phi) is 6.13. The molecule has 32 heavy (non-hydrogen) atoms. The van der Waals surface area contributed by atoms with Crippen LogP contribution >= 0.6 is 0 Å². The molecule has 0 spiro atoms. The lowest BCUT2D eigenvalue weighted by Crippen LogP contribution is -2.36. The van der Waals surface area contributed by atoms with Crippen molar-refractivity contribution in [3.8, 4) is 11.3 Å². The van der Waals surface area contributed by atoms with Gasteiger partial charge in [-0.15, -0.1) is 0 Å². The fourth-order valence-electron chi connectivity index (χ4n) is 4.01. The number of benzene rings is 2. The fraction of sp³-hybridized carbons (Fsp3) is 0.333. The molecule has 0 saturated carbocycles. The molecule has 5 rings (SSSR count). The molecule has 1 N–H and O–H groups in total. The van der Waals surface area contributed by atoms with Gasteiger partial charge in [-0.2, -0.15) is 0 Å². The Morgan fingerprint density at radius 3 is 2.16 bits per heavy atom. The third-order valence-electron chi connectivity index (χ3n) is 5.74. The summed E-state index contributed by atoms with van der Waals surface area (Å²) in [5, 5.41) is 3.19. The first-order chi connectivity index (χ1) is 15.8. The van der Waals surface area contributed by atoms with E-state index in [9.17, 15) is 4.39 Å². The molecular formula is C24H26FN5O2. The Labute approximate surface area is 186 Å². The smallest absolute Gasteiger partial charge is 0.227 e. The van der Waals surface area contributed by atoms with Crippen LogP contribution < -0.4 is 15.1 Å². The SMILES string of the molecule is Fc1cnc(Nc2ccc(N3CCOCC3)cc2)nc1-c1cccc(N2CCOCC2)c1. The van der Waals surface area contributed by atoms with E-state index in [1.807, 2.05) is 36.4 Å². The van der Waals surface area contributed by atoms with Gasteiger partial charge in [0, 0.05) is 48.8 Å². The van der Waals surface area contributed by atoms with Crippen LogP contribution in [-0.2, 0) is 9.47 Å². The van der Waals surface area contributed by atoms with Crippen LogP contribution in [0.3, 0.4) is 0 Å². The van der Waals surface area contributed by atoms with E-state index in [1.165, 1.54) is 6.20 Å². The van der Waals surface area contributed by atoms with Gasteiger partial charge in [0.2, 0.25) is 5.95 Å². The minimum atomic E-state index is -0.447. The fourth-order valence-corrected chi connectivity index (χ4v) is 4.01. The molecule has 3 heterocycles. The lowest BCUT2D eigenvalue weighted by atomic mass is 10.1. The summed E-state index contributed by atoms with van der Waals surface area (Å²) >= 11 is 0. The molecule has 2 fully saturated rings. The molecule has 0 bridgehead atoms. The summed E-state index contributed by atoms with van der Waals surface area (Å²) in [5.41, 5.74) is 4.04. The third kappa shape index (κ3) is 4.66. The summed E-state index contributed by atoms with van der Waals surface area (Å²) in [5.74, 6) is -0.0883. The summed E-state index contributed by atoms with van der Waals surface area (Å²) in [6.45, 7) is 6.32. The lowest BCUT2D eigenvalue weighted by Gasteiger charge is -2.29. The van der Waals surface area contributed by atoms with Gasteiger partial charge < -0.3 is 24.6 Å². The zero-order chi connectivity index (χ0) is 21.8. The third-order valence-corrected chi connectivity index (χ3v) is 5.74. The average Bonchev–Trinajstić information content (AvgIpc) is 2.87. The number of hydrogen-bond acceptors (Lipinski definition) is 7. The van der Waals surface area contributed by atoms with Crippen molar-refractivity contribution in [1.29, 1.82) is 0 Å². The number of anilines is 4. The summed E-state index contributed by atoms with van der Waals surface area (Å²) in [7, 11) is 0. The monoisotopic (exact) mass is 435 g/mol. The van der Waals surface area contributed by atoms with Crippen molar-refractivity contribution in [3.63, 3.8) is 0 Å². The van der Waals surface area contributed by atoms with Crippen LogP contribution in [0.4, 0.5) is 27.4 Å². The van der Waals surface area contributed by atoms with E-state index in [0.717, 1.165) is 62.0 Å². The molecule has 166 valence electrons. The highest BCUT2D eigenvalue weighted by molar-refractivity contribution is 5.68. The molecule has 2 saturated heterocycles. The predicted octanol–water partition coefficient (Wildman–Crippen LogP) is 3.70. The van der Waals surface area contributed by atoms with Gasteiger partial charge >= 0.3 is 0 Å². The van der Waals surface area contributed by atoms with Crippen LogP contribution in [0, 0.1) is 5.82 Å². The molecule has 0 aliphatic carbocycles. The van der Waals surface area contributed by atoms with Gasteiger partial charge in [-0.3, -0.25) is 0 Å². The van der Waals surface area contributed by atoms with Crippen LogP contribution in [-0.4, -0.2) is 62.6 Å². The van der Waals surface area contributed by atoms with Gasteiger partial charge in [0.1, 0.15) is 5.69 Å². The second-order valence-corrected chi connectivity index (χ2v) is 7.81. The first kappa shape index (κ1) is 20.7. The second kappa shape index (κ2) is 9.50. The van der Waals surface area contributed by atoms with Crippen molar-refractivity contribution >= 4 is 23.0 Å². The molecule has 0 atom stereocenters. The summed E-state index contributed by atoms with van der Waals surface area (Å²) < 4.78 is 25.5. The van der Waals surface area contributed by atoms with Gasteiger partial charge in [0.15, 0.2) is 5.82 Å². The lowest BCUT2D eigenvalue weighted by molar-refractivity contribution is 0.122. The normalized spacial score (nSPS) is 16.8. The number of nitrogens with zero attached hydrogens (tertiary/aromatic N) is 4. The van der Waals surface area contributed by atoms with Crippen LogP contribution in [0.15, 0.2) is 54.7 Å². The van der Waals surface area contributed by atoms with Crippen molar-refractivity contribution in [2.75, 3.05) is 67.7 Å². The van der Waals surface area contributed by atoms with E-state index in [1.54, 1.807) is 0 Å². The van der Waals surface area contributed by atoms with Crippen LogP contribution in [0.5, 0.6) is 0 Å². The number of rotatable bonds is 5. The number of morpholine rings is 2. The largest absolute Gasteiger partial charge is 0.378 e. The van der Waals surface area contributed by atoms with E-state index in [-0.39, 0.29) is 5.69 Å². The Morgan fingerprint density at radius 1 is 0.812 bits per heavy atom. The summed E-state index contributed by atoms with van der Waals surface area (Å²) in [6, 6.07) is 15.9. The molecule has 0 radical (unpaired) electrons. The van der Waals surface area contributed by atoms with Gasteiger partial charge in [-0.05, 0) is 36.4 Å². The Balaban J connectivity index is 1.34. The van der Waals surface area contributed by atoms with Gasteiger partial charge in [-0.25, -0.2) is 14.4 Å². The molecule has 3 aromatic rings. The minimum Gasteiger partial charge on any atom is -0.378 e. The molecule has 2 aliphatic heterocycles. The van der Waals surface area contributed by atoms with E-state index in [4.69, 9.17) is 9.47 Å². The zero-order valence-corrected chi connectivity index (χ0v) is 17.8. The molecule has 1 aromatic heterocycles. The molecule has 2 aliphatic rings. The van der Waals surface area contributed by atoms with Crippen molar-refractivity contribution in [2.45, 2.75) is 0 Å². The topological polar surface area (TPSA) is 62.8 Å². The van der Waals surface area contributed by atoms with E-state index >= 15 is 0 Å². The van der Waals surface area contributed by atoms with Crippen molar-refractivity contribution in [2.24, 2.45) is 0 Å². The molecule has 2 aromatic carbocycles. The molecular weight excluding hydrogens is 409 g/mol. The van der Waals surface area contributed by atoms with E-state index in [0.29, 0.717) is 19.2 Å².